The quantitative estimate of drug-likeness (QED) is 0.404. The van der Waals surface area contributed by atoms with Crippen molar-refractivity contribution in [3.05, 3.63) is 0 Å². The van der Waals surface area contributed by atoms with Crippen LogP contribution in [0.2, 0.25) is 0 Å². The van der Waals surface area contributed by atoms with Crippen LogP contribution in [0.3, 0.4) is 0 Å². The molecule has 4 heteroatoms. The summed E-state index contributed by atoms with van der Waals surface area (Å²) < 4.78 is 6.08. The van der Waals surface area contributed by atoms with Crippen LogP contribution in [0, 0.1) is 0 Å². The van der Waals surface area contributed by atoms with Crippen molar-refractivity contribution in [1.82, 2.24) is 0 Å². The predicted octanol–water partition coefficient (Wildman–Crippen LogP) is -1.61. The minimum absolute atomic E-state index is 0.269. The Hall–Kier alpha value is -0.610. The Balaban J connectivity index is 3.32. The number of nitrogens with two attached hydrogens (primary N) is 1. The summed E-state index contributed by atoms with van der Waals surface area (Å²) in [7, 11) is 0. The fraction of sp³-hybridized carbons (Fsp3) is 0.667. The third-order valence-electron chi connectivity index (χ3n) is 0.497. The Bertz CT molecular complexity index is 86.6. The Morgan fingerprint density at radius 3 is 2.86 bits per heavy atom. The van der Waals surface area contributed by atoms with Gasteiger partial charge in [0.25, 0.3) is 0 Å². The monoisotopic (exact) mass is 106 g/mol. The van der Waals surface area contributed by atoms with Crippen molar-refractivity contribution in [1.29, 1.82) is 1.43 Å². The topological polar surface area (TPSA) is 83.5 Å². The first-order valence-electron chi connectivity index (χ1n) is 2.15. The average Bonchev–Trinajstić information content (AvgIpc) is 1.67. The van der Waals surface area contributed by atoms with Gasteiger partial charge in [-0.1, -0.05) is 0 Å². The molecule has 42 valence electrons. The molecule has 0 aromatic carbocycles. The summed E-state index contributed by atoms with van der Waals surface area (Å²) in [4.78, 5) is 9.80. The third-order valence-corrected chi connectivity index (χ3v) is 0.497. The second-order valence-electron chi connectivity index (χ2n) is 1.11. The van der Waals surface area contributed by atoms with E-state index in [0.717, 1.165) is 0 Å². The van der Waals surface area contributed by atoms with Gasteiger partial charge < -0.3 is 15.9 Å². The Morgan fingerprint density at radius 2 is 2.71 bits per heavy atom. The first-order chi connectivity index (χ1) is 3.68. The van der Waals surface area contributed by atoms with Crippen LogP contribution in [-0.4, -0.2) is 30.3 Å². The first kappa shape index (κ1) is 4.55. The Kier molecular flexibility index (Phi) is 1.65. The third kappa shape index (κ3) is 2.13. The van der Waals surface area contributed by atoms with Crippen molar-refractivity contribution in [2.45, 2.75) is 6.04 Å². The number of hydrogen-bond donors (Lipinski definition) is 3. The van der Waals surface area contributed by atoms with Gasteiger partial charge in [-0.15, -0.1) is 0 Å². The van der Waals surface area contributed by atoms with Crippen molar-refractivity contribution in [3.8, 4) is 0 Å². The maximum atomic E-state index is 9.80. The lowest BCUT2D eigenvalue weighted by atomic mass is 10.3. The summed E-state index contributed by atoms with van der Waals surface area (Å²) in [5, 5.41) is 11.7. The van der Waals surface area contributed by atoms with Gasteiger partial charge in [-0.05, 0) is 0 Å². The highest BCUT2D eigenvalue weighted by molar-refractivity contribution is 5.73. The fourth-order valence-electron chi connectivity index (χ4n) is 0.0713. The van der Waals surface area contributed by atoms with Crippen LogP contribution in [0.1, 0.15) is 0 Å². The van der Waals surface area contributed by atoms with Crippen LogP contribution in [0.4, 0.5) is 0 Å². The molecule has 0 aromatic heterocycles. The van der Waals surface area contributed by atoms with Gasteiger partial charge in [0.05, 0.1) is 6.61 Å². The largest absolute Gasteiger partial charge is 0.480 e. The molecule has 0 aliphatic carbocycles. The summed E-state index contributed by atoms with van der Waals surface area (Å²) in [6.07, 6.45) is 0. The highest BCUT2D eigenvalue weighted by Crippen LogP contribution is 1.71. The zero-order valence-electron chi connectivity index (χ0n) is 4.63. The van der Waals surface area contributed by atoms with Gasteiger partial charge in [-0.3, -0.25) is 4.79 Å². The van der Waals surface area contributed by atoms with Crippen LogP contribution in [0.5, 0.6) is 0 Å². The molecule has 0 fully saturated rings. The van der Waals surface area contributed by atoms with Crippen molar-refractivity contribution in [2.75, 3.05) is 6.61 Å². The van der Waals surface area contributed by atoms with E-state index in [0.29, 0.717) is 0 Å². The van der Waals surface area contributed by atoms with E-state index >= 15 is 0 Å². The number of carboxylic acids is 1. The molecule has 0 saturated heterocycles. The lowest BCUT2D eigenvalue weighted by Gasteiger charge is -1.96. The van der Waals surface area contributed by atoms with E-state index in [-0.39, 0.29) is 6.61 Å². The summed E-state index contributed by atoms with van der Waals surface area (Å²) >= 11 is 0. The molecule has 0 aromatic rings. The molecule has 0 aliphatic rings. The predicted molar refractivity (Wildman–Crippen MR) is 22.7 cm³/mol. The Morgan fingerprint density at radius 1 is 2.14 bits per heavy atom. The van der Waals surface area contributed by atoms with E-state index in [9.17, 15) is 4.79 Å². The zero-order chi connectivity index (χ0) is 6.57. The lowest BCUT2D eigenvalue weighted by Crippen LogP contribution is -2.33. The zero-order valence-corrected chi connectivity index (χ0v) is 3.63. The van der Waals surface area contributed by atoms with E-state index < -0.39 is 12.0 Å². The van der Waals surface area contributed by atoms with Crippen LogP contribution in [-0.2, 0) is 4.79 Å². The minimum Gasteiger partial charge on any atom is -0.480 e. The second-order valence-corrected chi connectivity index (χ2v) is 1.11. The second kappa shape index (κ2) is 2.54. The normalized spacial score (nSPS) is 15.3. The van der Waals surface area contributed by atoms with E-state index in [1.807, 2.05) is 0 Å². The molecule has 0 aliphatic heterocycles. The molecular weight excluding hydrogens is 98.0 g/mol. The molecule has 0 radical (unpaired) electrons. The van der Waals surface area contributed by atoms with Crippen molar-refractivity contribution < 1.29 is 15.0 Å². The van der Waals surface area contributed by atoms with Crippen molar-refractivity contribution in [3.63, 3.8) is 0 Å². The van der Waals surface area contributed by atoms with Crippen LogP contribution in [0.15, 0.2) is 0 Å². The summed E-state index contributed by atoms with van der Waals surface area (Å²) in [6.45, 7) is -0.269. The van der Waals surface area contributed by atoms with Crippen LogP contribution in [0.25, 0.3) is 0 Å². The standard InChI is InChI=1S/C3H7NO3/c4-2(1-5)3(6)7/h2,5H,1,4H2,(H,6,7)/t2-/m0/s1/i5D. The average molecular weight is 106 g/mol. The van der Waals surface area contributed by atoms with E-state index in [4.69, 9.17) is 12.3 Å². The maximum Gasteiger partial charge on any atom is 0.322 e. The van der Waals surface area contributed by atoms with Crippen molar-refractivity contribution >= 4 is 5.97 Å². The number of rotatable bonds is 3. The molecular formula is C3H7NO3. The molecule has 0 saturated carbocycles. The molecule has 7 heavy (non-hydrogen) atoms. The maximum absolute atomic E-state index is 9.80. The fourth-order valence-corrected chi connectivity index (χ4v) is 0.0713. The molecule has 0 rings (SSSR count). The number of carboxylic acid groups (broad SMARTS) is 1. The van der Waals surface area contributed by atoms with Gasteiger partial charge in [0.15, 0.2) is 0 Å². The lowest BCUT2D eigenvalue weighted by molar-refractivity contribution is -0.139. The number of hydrogen-bond acceptors (Lipinski definition) is 3. The number of aliphatic hydroxyl groups is 1. The van der Waals surface area contributed by atoms with Crippen LogP contribution >= 0.6 is 0 Å². The van der Waals surface area contributed by atoms with E-state index in [1.54, 1.807) is 0 Å². The van der Waals surface area contributed by atoms with Gasteiger partial charge in [0.1, 0.15) is 6.04 Å². The smallest absolute Gasteiger partial charge is 0.322 e. The number of carbonyl (C=O) groups is 1. The minimum atomic E-state index is -1.16. The van der Waals surface area contributed by atoms with Gasteiger partial charge in [0, 0.05) is 0 Å². The number of aliphatic carboxylic acids is 1. The van der Waals surface area contributed by atoms with Crippen molar-refractivity contribution in [2.24, 2.45) is 5.73 Å². The highest BCUT2D eigenvalue weighted by Gasteiger charge is 2.06. The Labute approximate surface area is 42.1 Å². The molecule has 4 nitrogen and oxygen atoms in total. The number of aliphatic hydroxyl groups excluding tert-OH is 1. The highest BCUT2D eigenvalue weighted by atomic mass is 16.4. The van der Waals surface area contributed by atoms with Gasteiger partial charge >= 0.3 is 5.97 Å². The molecule has 1 atom stereocenters. The van der Waals surface area contributed by atoms with Crippen LogP contribution < -0.4 is 5.73 Å². The van der Waals surface area contributed by atoms with Gasteiger partial charge in [-0.2, -0.15) is 0 Å². The molecule has 0 spiro atoms. The molecule has 0 heterocycles. The molecule has 0 bridgehead atoms. The van der Waals surface area contributed by atoms with Gasteiger partial charge in [0.2, 0.25) is 1.43 Å². The summed E-state index contributed by atoms with van der Waals surface area (Å²) in [5.41, 5.74) is 4.88. The molecule has 4 N–H and O–H groups in total. The SMILES string of the molecule is [2H]OC[C@H](N)C(=O)O. The molecule has 0 unspecified atom stereocenters. The summed E-state index contributed by atoms with van der Waals surface area (Å²) in [6, 6.07) is -1.08. The summed E-state index contributed by atoms with van der Waals surface area (Å²) in [5.74, 6) is -1.16. The van der Waals surface area contributed by atoms with E-state index in [2.05, 4.69) is 5.11 Å². The van der Waals surface area contributed by atoms with E-state index in [1.165, 1.54) is 0 Å². The first-order valence-corrected chi connectivity index (χ1v) is 1.75. The molecule has 0 amide bonds. The van der Waals surface area contributed by atoms with Gasteiger partial charge in [-0.25, -0.2) is 0 Å².